The maximum absolute atomic E-state index is 12.3. The molecule has 106 valence electrons. The van der Waals surface area contributed by atoms with Crippen LogP contribution in [-0.2, 0) is 0 Å². The molecule has 1 aromatic carbocycles. The van der Waals surface area contributed by atoms with E-state index < -0.39 is 6.36 Å². The fraction of sp³-hybridized carbons (Fsp3) is 0.600. The van der Waals surface area contributed by atoms with Crippen molar-refractivity contribution in [3.05, 3.63) is 28.8 Å². The van der Waals surface area contributed by atoms with Gasteiger partial charge in [0.05, 0.1) is 0 Å². The van der Waals surface area contributed by atoms with Gasteiger partial charge in [0.1, 0.15) is 5.75 Å². The van der Waals surface area contributed by atoms with Crippen LogP contribution in [0.25, 0.3) is 0 Å². The topological polar surface area (TPSA) is 9.23 Å². The number of alkyl halides is 3. The molecule has 0 radical (unpaired) electrons. The van der Waals surface area contributed by atoms with E-state index in [0.717, 1.165) is 18.4 Å². The molecule has 1 aliphatic rings. The first-order valence-electron chi connectivity index (χ1n) is 6.74. The Kier molecular flexibility index (Phi) is 4.07. The third-order valence-corrected chi connectivity index (χ3v) is 3.78. The maximum atomic E-state index is 12.3. The van der Waals surface area contributed by atoms with Gasteiger partial charge >= 0.3 is 6.36 Å². The van der Waals surface area contributed by atoms with Gasteiger partial charge in [-0.05, 0) is 49.3 Å². The fourth-order valence-electron chi connectivity index (χ4n) is 2.93. The van der Waals surface area contributed by atoms with E-state index in [1.54, 1.807) is 13.8 Å². The zero-order valence-corrected chi connectivity index (χ0v) is 11.3. The van der Waals surface area contributed by atoms with Crippen molar-refractivity contribution in [2.24, 2.45) is 0 Å². The van der Waals surface area contributed by atoms with Crippen LogP contribution < -0.4 is 4.74 Å². The van der Waals surface area contributed by atoms with Gasteiger partial charge in [0.2, 0.25) is 0 Å². The van der Waals surface area contributed by atoms with Crippen LogP contribution in [0.1, 0.15) is 54.7 Å². The highest BCUT2D eigenvalue weighted by atomic mass is 19.4. The van der Waals surface area contributed by atoms with Crippen molar-refractivity contribution in [3.63, 3.8) is 0 Å². The lowest BCUT2D eigenvalue weighted by atomic mass is 9.83. The van der Waals surface area contributed by atoms with E-state index in [1.165, 1.54) is 19.3 Å². The van der Waals surface area contributed by atoms with Crippen LogP contribution in [0, 0.1) is 13.8 Å². The molecule has 0 amide bonds. The zero-order valence-electron chi connectivity index (χ0n) is 11.3. The van der Waals surface area contributed by atoms with E-state index >= 15 is 0 Å². The molecule has 0 aliphatic heterocycles. The third kappa shape index (κ3) is 3.64. The van der Waals surface area contributed by atoms with Crippen molar-refractivity contribution in [2.45, 2.75) is 58.2 Å². The van der Waals surface area contributed by atoms with E-state index in [4.69, 9.17) is 0 Å². The van der Waals surface area contributed by atoms with Gasteiger partial charge in [-0.25, -0.2) is 0 Å². The second-order valence-electron chi connectivity index (χ2n) is 5.37. The number of hydrogen-bond donors (Lipinski definition) is 0. The Morgan fingerprint density at radius 3 is 2.00 bits per heavy atom. The van der Waals surface area contributed by atoms with E-state index in [1.807, 2.05) is 12.1 Å². The highest BCUT2D eigenvalue weighted by molar-refractivity contribution is 5.44. The van der Waals surface area contributed by atoms with Gasteiger partial charge in [-0.15, -0.1) is 13.2 Å². The molecule has 19 heavy (non-hydrogen) atoms. The highest BCUT2D eigenvalue weighted by Gasteiger charge is 2.32. The van der Waals surface area contributed by atoms with Gasteiger partial charge in [0.25, 0.3) is 0 Å². The molecule has 0 N–H and O–H groups in total. The molecule has 1 aromatic rings. The average molecular weight is 272 g/mol. The van der Waals surface area contributed by atoms with Crippen LogP contribution in [-0.4, -0.2) is 6.36 Å². The summed E-state index contributed by atoms with van der Waals surface area (Å²) in [6.45, 7) is 3.36. The van der Waals surface area contributed by atoms with Gasteiger partial charge in [-0.2, -0.15) is 0 Å². The predicted octanol–water partition coefficient (Wildman–Crippen LogP) is 5.25. The number of benzene rings is 1. The summed E-state index contributed by atoms with van der Waals surface area (Å²) in [6.07, 6.45) is 1.34. The minimum absolute atomic E-state index is 0.0490. The minimum atomic E-state index is -4.62. The molecule has 0 spiro atoms. The lowest BCUT2D eigenvalue weighted by Crippen LogP contribution is -2.18. The maximum Gasteiger partial charge on any atom is 0.573 e. The summed E-state index contributed by atoms with van der Waals surface area (Å²) < 4.78 is 41.1. The van der Waals surface area contributed by atoms with Crippen LogP contribution in [0.2, 0.25) is 0 Å². The summed E-state index contributed by atoms with van der Waals surface area (Å²) in [5.41, 5.74) is 2.29. The van der Waals surface area contributed by atoms with E-state index in [-0.39, 0.29) is 5.75 Å². The summed E-state index contributed by atoms with van der Waals surface area (Å²) in [7, 11) is 0. The number of hydrogen-bond acceptors (Lipinski definition) is 1. The molecule has 0 aromatic heterocycles. The van der Waals surface area contributed by atoms with Gasteiger partial charge < -0.3 is 4.74 Å². The standard InChI is InChI=1S/C15H19F3O/c1-10-8-13(12-6-4-3-5-7-12)9-11(2)14(10)19-15(16,17)18/h8-9,12H,3-7H2,1-2H3. The van der Waals surface area contributed by atoms with Crippen LogP contribution in [0.15, 0.2) is 12.1 Å². The van der Waals surface area contributed by atoms with Crippen LogP contribution in [0.5, 0.6) is 5.75 Å². The van der Waals surface area contributed by atoms with Gasteiger partial charge in [-0.1, -0.05) is 31.4 Å². The minimum Gasteiger partial charge on any atom is -0.405 e. The van der Waals surface area contributed by atoms with Crippen molar-refractivity contribution in [1.29, 1.82) is 0 Å². The smallest absolute Gasteiger partial charge is 0.405 e. The Bertz CT molecular complexity index is 422. The van der Waals surface area contributed by atoms with Crippen molar-refractivity contribution in [3.8, 4) is 5.75 Å². The quantitative estimate of drug-likeness (QED) is 0.714. The number of aryl methyl sites for hydroxylation is 2. The number of halogens is 3. The third-order valence-electron chi connectivity index (χ3n) is 3.78. The normalized spacial score (nSPS) is 17.5. The molecule has 0 bridgehead atoms. The summed E-state index contributed by atoms with van der Waals surface area (Å²) in [4.78, 5) is 0. The molecular formula is C15H19F3O. The van der Waals surface area contributed by atoms with Gasteiger partial charge in [0.15, 0.2) is 0 Å². The Hall–Kier alpha value is -1.19. The number of rotatable bonds is 2. The lowest BCUT2D eigenvalue weighted by Gasteiger charge is -2.24. The van der Waals surface area contributed by atoms with Crippen molar-refractivity contribution < 1.29 is 17.9 Å². The molecule has 1 nitrogen and oxygen atoms in total. The summed E-state index contributed by atoms with van der Waals surface area (Å²) in [6, 6.07) is 3.70. The SMILES string of the molecule is Cc1cc(C2CCCCC2)cc(C)c1OC(F)(F)F. The van der Waals surface area contributed by atoms with E-state index in [0.29, 0.717) is 17.0 Å². The Labute approximate surface area is 111 Å². The molecular weight excluding hydrogens is 253 g/mol. The van der Waals surface area contributed by atoms with Crippen molar-refractivity contribution >= 4 is 0 Å². The van der Waals surface area contributed by atoms with Crippen LogP contribution >= 0.6 is 0 Å². The monoisotopic (exact) mass is 272 g/mol. The second kappa shape index (κ2) is 5.43. The summed E-state index contributed by atoms with van der Waals surface area (Å²) in [5.74, 6) is 0.443. The first kappa shape index (κ1) is 14.2. The molecule has 1 saturated carbocycles. The fourth-order valence-corrected chi connectivity index (χ4v) is 2.93. The van der Waals surface area contributed by atoms with Crippen molar-refractivity contribution in [1.82, 2.24) is 0 Å². The molecule has 0 unspecified atom stereocenters. The molecule has 0 atom stereocenters. The van der Waals surface area contributed by atoms with E-state index in [2.05, 4.69) is 4.74 Å². The average Bonchev–Trinajstić information content (AvgIpc) is 2.33. The van der Waals surface area contributed by atoms with Crippen LogP contribution in [0.4, 0.5) is 13.2 Å². The largest absolute Gasteiger partial charge is 0.573 e. The number of ether oxygens (including phenoxy) is 1. The molecule has 0 heterocycles. The predicted molar refractivity (Wildman–Crippen MR) is 68.4 cm³/mol. The molecule has 4 heteroatoms. The Morgan fingerprint density at radius 2 is 1.53 bits per heavy atom. The van der Waals surface area contributed by atoms with Gasteiger partial charge in [-0.3, -0.25) is 0 Å². The first-order valence-corrected chi connectivity index (χ1v) is 6.74. The second-order valence-corrected chi connectivity index (χ2v) is 5.37. The Morgan fingerprint density at radius 1 is 1.00 bits per heavy atom. The van der Waals surface area contributed by atoms with E-state index in [9.17, 15) is 13.2 Å². The highest BCUT2D eigenvalue weighted by Crippen LogP contribution is 2.37. The lowest BCUT2D eigenvalue weighted by molar-refractivity contribution is -0.275. The van der Waals surface area contributed by atoms with Crippen molar-refractivity contribution in [2.75, 3.05) is 0 Å². The Balaban J connectivity index is 2.25. The molecule has 1 fully saturated rings. The summed E-state index contributed by atoms with van der Waals surface area (Å²) in [5, 5.41) is 0. The zero-order chi connectivity index (χ0) is 14.0. The van der Waals surface area contributed by atoms with Crippen LogP contribution in [0.3, 0.4) is 0 Å². The first-order chi connectivity index (χ1) is 8.87. The van der Waals surface area contributed by atoms with Gasteiger partial charge in [0, 0.05) is 0 Å². The summed E-state index contributed by atoms with van der Waals surface area (Å²) >= 11 is 0. The molecule has 0 saturated heterocycles. The molecule has 2 rings (SSSR count). The molecule has 1 aliphatic carbocycles.